The van der Waals surface area contributed by atoms with Crippen LogP contribution in [0.2, 0.25) is 0 Å². The lowest BCUT2D eigenvalue weighted by Gasteiger charge is -2.04. The smallest absolute Gasteiger partial charge is 0.211 e. The number of benzene rings is 1. The fraction of sp³-hybridized carbons (Fsp3) is 0.438. The van der Waals surface area contributed by atoms with Crippen molar-refractivity contribution in [3.63, 3.8) is 0 Å². The number of thiazole rings is 1. The van der Waals surface area contributed by atoms with Gasteiger partial charge in [-0.25, -0.2) is 18.1 Å². The highest BCUT2D eigenvalue weighted by Crippen LogP contribution is 2.26. The van der Waals surface area contributed by atoms with Gasteiger partial charge in [-0.3, -0.25) is 0 Å². The number of methoxy groups -OCH3 is 1. The Hall–Kier alpha value is -1.44. The van der Waals surface area contributed by atoms with Crippen LogP contribution in [0, 0.1) is 0 Å². The Balaban J connectivity index is 1.92. The second-order valence-corrected chi connectivity index (χ2v) is 7.98. The number of unbranched alkanes of at least 4 members (excludes halogenated alkanes) is 1. The van der Waals surface area contributed by atoms with Gasteiger partial charge in [0.2, 0.25) is 10.0 Å². The van der Waals surface area contributed by atoms with Crippen LogP contribution in [0.15, 0.2) is 29.6 Å². The van der Waals surface area contributed by atoms with Crippen molar-refractivity contribution < 1.29 is 13.2 Å². The second-order valence-electron chi connectivity index (χ2n) is 5.19. The van der Waals surface area contributed by atoms with E-state index in [-0.39, 0.29) is 5.75 Å². The largest absolute Gasteiger partial charge is 0.497 e. The molecule has 0 radical (unpaired) electrons. The summed E-state index contributed by atoms with van der Waals surface area (Å²) in [5, 5.41) is 2.88. The van der Waals surface area contributed by atoms with Gasteiger partial charge in [-0.2, -0.15) is 0 Å². The van der Waals surface area contributed by atoms with Gasteiger partial charge in [0, 0.05) is 23.9 Å². The van der Waals surface area contributed by atoms with Crippen LogP contribution in [0.1, 0.15) is 25.5 Å². The molecule has 0 unspecified atom stereocenters. The molecular formula is C16H22N2O3S2. The fourth-order valence-electron chi connectivity index (χ4n) is 2.05. The van der Waals surface area contributed by atoms with Gasteiger partial charge < -0.3 is 4.74 Å². The molecule has 0 aliphatic rings. The average molecular weight is 354 g/mol. The van der Waals surface area contributed by atoms with Gasteiger partial charge in [0.25, 0.3) is 0 Å². The normalized spacial score (nSPS) is 11.6. The zero-order chi connectivity index (χ0) is 16.7. The standard InChI is InChI=1S/C16H22N2O3S2/c1-3-4-10-23(19,20)17-9-8-14-12-22-16(18-14)13-6-5-7-15(11-13)21-2/h5-7,11-12,17H,3-4,8-10H2,1-2H3. The van der Waals surface area contributed by atoms with E-state index in [1.165, 1.54) is 0 Å². The highest BCUT2D eigenvalue weighted by atomic mass is 32.2. The van der Waals surface area contributed by atoms with Crippen LogP contribution in [0.25, 0.3) is 10.6 Å². The molecule has 1 aromatic heterocycles. The molecule has 0 saturated carbocycles. The summed E-state index contributed by atoms with van der Waals surface area (Å²) in [5.74, 6) is 0.984. The minimum Gasteiger partial charge on any atom is -0.497 e. The Morgan fingerprint density at radius 2 is 2.17 bits per heavy atom. The van der Waals surface area contributed by atoms with Gasteiger partial charge in [0.15, 0.2) is 0 Å². The summed E-state index contributed by atoms with van der Waals surface area (Å²) in [7, 11) is -1.52. The third-order valence-corrected chi connectivity index (χ3v) is 5.75. The lowest BCUT2D eigenvalue weighted by atomic mass is 10.2. The quantitative estimate of drug-likeness (QED) is 0.751. The highest BCUT2D eigenvalue weighted by Gasteiger charge is 2.10. The van der Waals surface area contributed by atoms with E-state index in [0.717, 1.165) is 28.4 Å². The molecule has 1 heterocycles. The maximum atomic E-state index is 11.7. The van der Waals surface area contributed by atoms with Crippen LogP contribution >= 0.6 is 11.3 Å². The minimum absolute atomic E-state index is 0.190. The summed E-state index contributed by atoms with van der Waals surface area (Å²) in [6.07, 6.45) is 2.15. The van der Waals surface area contributed by atoms with Crippen LogP contribution in [0.3, 0.4) is 0 Å². The summed E-state index contributed by atoms with van der Waals surface area (Å²) in [5.41, 5.74) is 1.90. The van der Waals surface area contributed by atoms with Gasteiger partial charge >= 0.3 is 0 Å². The SMILES string of the molecule is CCCCS(=O)(=O)NCCc1csc(-c2cccc(OC)c2)n1. The van der Waals surface area contributed by atoms with Crippen molar-refractivity contribution in [1.82, 2.24) is 9.71 Å². The Labute approximate surface area is 141 Å². The lowest BCUT2D eigenvalue weighted by molar-refractivity contribution is 0.415. The topological polar surface area (TPSA) is 68.3 Å². The first kappa shape index (κ1) is 17.9. The van der Waals surface area contributed by atoms with Crippen LogP contribution < -0.4 is 9.46 Å². The van der Waals surface area contributed by atoms with Crippen molar-refractivity contribution in [2.24, 2.45) is 0 Å². The Morgan fingerprint density at radius 3 is 2.91 bits per heavy atom. The van der Waals surface area contributed by atoms with Crippen molar-refractivity contribution in [2.75, 3.05) is 19.4 Å². The van der Waals surface area contributed by atoms with Crippen LogP contribution in [-0.2, 0) is 16.4 Å². The predicted octanol–water partition coefficient (Wildman–Crippen LogP) is 3.08. The van der Waals surface area contributed by atoms with Crippen LogP contribution in [0.4, 0.5) is 0 Å². The summed E-state index contributed by atoms with van der Waals surface area (Å²) >= 11 is 1.55. The van der Waals surface area contributed by atoms with Gasteiger partial charge in [-0.05, 0) is 18.6 Å². The number of rotatable bonds is 9. The van der Waals surface area contributed by atoms with Crippen molar-refractivity contribution in [2.45, 2.75) is 26.2 Å². The van der Waals surface area contributed by atoms with E-state index >= 15 is 0 Å². The number of hydrogen-bond acceptors (Lipinski definition) is 5. The molecule has 1 N–H and O–H groups in total. The molecule has 23 heavy (non-hydrogen) atoms. The van der Waals surface area contributed by atoms with Crippen molar-refractivity contribution in [1.29, 1.82) is 0 Å². The van der Waals surface area contributed by atoms with Gasteiger partial charge in [0.1, 0.15) is 10.8 Å². The predicted molar refractivity (Wildman–Crippen MR) is 94.5 cm³/mol. The molecule has 0 spiro atoms. The Kier molecular flexibility index (Phi) is 6.56. The first-order valence-electron chi connectivity index (χ1n) is 7.60. The van der Waals surface area contributed by atoms with Crippen molar-refractivity contribution in [3.8, 4) is 16.3 Å². The molecular weight excluding hydrogens is 332 g/mol. The van der Waals surface area contributed by atoms with E-state index in [1.807, 2.05) is 36.6 Å². The van der Waals surface area contributed by atoms with Crippen LogP contribution in [0.5, 0.6) is 5.75 Å². The number of aromatic nitrogens is 1. The monoisotopic (exact) mass is 354 g/mol. The molecule has 0 aliphatic heterocycles. The minimum atomic E-state index is -3.16. The zero-order valence-corrected chi connectivity index (χ0v) is 15.0. The highest BCUT2D eigenvalue weighted by molar-refractivity contribution is 7.89. The maximum Gasteiger partial charge on any atom is 0.211 e. The van der Waals surface area contributed by atoms with E-state index in [9.17, 15) is 8.42 Å². The zero-order valence-electron chi connectivity index (χ0n) is 13.4. The van der Waals surface area contributed by atoms with Crippen molar-refractivity contribution in [3.05, 3.63) is 35.3 Å². The fourth-order valence-corrected chi connectivity index (χ4v) is 4.13. The molecule has 126 valence electrons. The average Bonchev–Trinajstić information content (AvgIpc) is 3.02. The molecule has 2 rings (SSSR count). The molecule has 0 bridgehead atoms. The molecule has 1 aromatic carbocycles. The van der Waals surface area contributed by atoms with Crippen LogP contribution in [-0.4, -0.2) is 32.8 Å². The van der Waals surface area contributed by atoms with Gasteiger partial charge in [-0.15, -0.1) is 11.3 Å². The second kappa shape index (κ2) is 8.42. The summed E-state index contributed by atoms with van der Waals surface area (Å²) in [6.45, 7) is 2.36. The lowest BCUT2D eigenvalue weighted by Crippen LogP contribution is -2.28. The summed E-state index contributed by atoms with van der Waals surface area (Å²) < 4.78 is 31.3. The Morgan fingerprint density at radius 1 is 1.35 bits per heavy atom. The van der Waals surface area contributed by atoms with Gasteiger partial charge in [-0.1, -0.05) is 25.5 Å². The molecule has 5 nitrogen and oxygen atoms in total. The number of nitrogens with zero attached hydrogens (tertiary/aromatic N) is 1. The van der Waals surface area contributed by atoms with E-state index < -0.39 is 10.0 Å². The Bertz CT molecular complexity index is 726. The number of sulfonamides is 1. The first-order valence-corrected chi connectivity index (χ1v) is 10.1. The maximum absolute atomic E-state index is 11.7. The molecule has 2 aromatic rings. The number of hydrogen-bond donors (Lipinski definition) is 1. The first-order chi connectivity index (χ1) is 11.0. The number of ether oxygens (including phenoxy) is 1. The third-order valence-electron chi connectivity index (χ3n) is 3.34. The van der Waals surface area contributed by atoms with E-state index in [4.69, 9.17) is 4.74 Å². The molecule has 0 fully saturated rings. The van der Waals surface area contributed by atoms with Crippen molar-refractivity contribution >= 4 is 21.4 Å². The molecule has 0 aliphatic carbocycles. The molecule has 0 atom stereocenters. The molecule has 7 heteroatoms. The summed E-state index contributed by atoms with van der Waals surface area (Å²) in [6, 6.07) is 7.74. The van der Waals surface area contributed by atoms with E-state index in [0.29, 0.717) is 19.4 Å². The number of nitrogens with one attached hydrogen (secondary N) is 1. The summed E-state index contributed by atoms with van der Waals surface area (Å²) in [4.78, 5) is 4.57. The third kappa shape index (κ3) is 5.60. The van der Waals surface area contributed by atoms with E-state index in [1.54, 1.807) is 18.4 Å². The molecule has 0 saturated heterocycles. The van der Waals surface area contributed by atoms with E-state index in [2.05, 4.69) is 9.71 Å². The molecule has 0 amide bonds. The van der Waals surface area contributed by atoms with Gasteiger partial charge in [0.05, 0.1) is 18.6 Å².